The van der Waals surface area contributed by atoms with Crippen LogP contribution in [0, 0.1) is 5.41 Å². The van der Waals surface area contributed by atoms with E-state index in [1.807, 2.05) is 0 Å². The molecule has 0 bridgehead atoms. The van der Waals surface area contributed by atoms with Gasteiger partial charge in [-0.25, -0.2) is 0 Å². The maximum Gasteiger partial charge on any atom is 0.0641 e. The minimum absolute atomic E-state index is 0.228. The summed E-state index contributed by atoms with van der Waals surface area (Å²) >= 11 is 0. The lowest BCUT2D eigenvalue weighted by molar-refractivity contribution is -0.0961. The fraction of sp³-hybridized carbons (Fsp3) is 1.00. The summed E-state index contributed by atoms with van der Waals surface area (Å²) in [6.07, 6.45) is 2.68. The maximum atomic E-state index is 5.93. The van der Waals surface area contributed by atoms with Crippen LogP contribution in [0.4, 0.5) is 0 Å². The molecule has 0 aromatic heterocycles. The van der Waals surface area contributed by atoms with Gasteiger partial charge in [-0.1, -0.05) is 20.8 Å². The number of hydrogen-bond acceptors (Lipinski definition) is 2. The predicted octanol–water partition coefficient (Wildman–Crippen LogP) is 1.93. The van der Waals surface area contributed by atoms with Gasteiger partial charge in [0, 0.05) is 6.04 Å². The van der Waals surface area contributed by atoms with E-state index in [1.54, 1.807) is 0 Å². The second kappa shape index (κ2) is 3.35. The van der Waals surface area contributed by atoms with Crippen LogP contribution in [0.1, 0.15) is 40.5 Å². The highest BCUT2D eigenvalue weighted by molar-refractivity contribution is 4.84. The Kier molecular flexibility index (Phi) is 2.79. The molecule has 2 nitrogen and oxygen atoms in total. The van der Waals surface area contributed by atoms with Crippen molar-refractivity contribution < 1.29 is 4.74 Å². The fourth-order valence-corrected chi connectivity index (χ4v) is 1.75. The van der Waals surface area contributed by atoms with Crippen LogP contribution in [-0.4, -0.2) is 18.2 Å². The lowest BCUT2D eigenvalue weighted by Gasteiger charge is -2.39. The number of ether oxygens (including phenoxy) is 1. The van der Waals surface area contributed by atoms with Crippen molar-refractivity contribution in [3.8, 4) is 0 Å². The van der Waals surface area contributed by atoms with Crippen molar-refractivity contribution >= 4 is 0 Å². The van der Waals surface area contributed by atoms with Crippen LogP contribution in [0.15, 0.2) is 0 Å². The Bertz CT molecular complexity index is 140. The number of nitrogens with two attached hydrogens (primary N) is 1. The average Bonchev–Trinajstić information content (AvgIpc) is 1.82. The second-order valence-electron chi connectivity index (χ2n) is 5.03. The molecule has 0 aromatic carbocycles. The quantitative estimate of drug-likeness (QED) is 0.604. The van der Waals surface area contributed by atoms with Crippen LogP contribution in [0.2, 0.25) is 0 Å². The molecular formula is C10H21NO. The van der Waals surface area contributed by atoms with Gasteiger partial charge in [-0.2, -0.15) is 0 Å². The molecule has 1 heterocycles. The third kappa shape index (κ3) is 2.46. The van der Waals surface area contributed by atoms with Crippen molar-refractivity contribution in [1.82, 2.24) is 0 Å². The standard InChI is InChI=1S/C10H21NO/c1-7-5-8(11)6-9(12-7)10(2,3)4/h7-9H,5-6,11H2,1-4H3. The van der Waals surface area contributed by atoms with Crippen LogP contribution in [0.25, 0.3) is 0 Å². The molecule has 3 atom stereocenters. The highest BCUT2D eigenvalue weighted by Gasteiger charge is 2.32. The Labute approximate surface area is 75.5 Å². The molecule has 72 valence electrons. The lowest BCUT2D eigenvalue weighted by atomic mass is 9.82. The zero-order chi connectivity index (χ0) is 9.35. The molecule has 1 rings (SSSR count). The molecule has 1 saturated heterocycles. The van der Waals surface area contributed by atoms with E-state index < -0.39 is 0 Å². The lowest BCUT2D eigenvalue weighted by Crippen LogP contribution is -2.44. The number of hydrogen-bond donors (Lipinski definition) is 1. The van der Waals surface area contributed by atoms with Gasteiger partial charge in [0.1, 0.15) is 0 Å². The minimum Gasteiger partial charge on any atom is -0.375 e. The van der Waals surface area contributed by atoms with Gasteiger partial charge in [0.15, 0.2) is 0 Å². The van der Waals surface area contributed by atoms with Crippen molar-refractivity contribution in [2.75, 3.05) is 0 Å². The van der Waals surface area contributed by atoms with Crippen molar-refractivity contribution in [3.05, 3.63) is 0 Å². The van der Waals surface area contributed by atoms with Gasteiger partial charge in [-0.15, -0.1) is 0 Å². The van der Waals surface area contributed by atoms with Gasteiger partial charge in [-0.3, -0.25) is 0 Å². The van der Waals surface area contributed by atoms with Gasteiger partial charge in [0.05, 0.1) is 12.2 Å². The molecule has 12 heavy (non-hydrogen) atoms. The first-order chi connectivity index (χ1) is 5.39. The smallest absolute Gasteiger partial charge is 0.0641 e. The van der Waals surface area contributed by atoms with Crippen molar-refractivity contribution in [1.29, 1.82) is 0 Å². The Morgan fingerprint density at radius 2 is 1.83 bits per heavy atom. The molecular weight excluding hydrogens is 150 g/mol. The Hall–Kier alpha value is -0.0800. The zero-order valence-corrected chi connectivity index (χ0v) is 8.63. The van der Waals surface area contributed by atoms with Gasteiger partial charge in [-0.05, 0) is 25.2 Å². The summed E-state index contributed by atoms with van der Waals surface area (Å²) in [5.74, 6) is 0. The van der Waals surface area contributed by atoms with Crippen molar-refractivity contribution in [3.63, 3.8) is 0 Å². The first-order valence-corrected chi connectivity index (χ1v) is 4.80. The summed E-state index contributed by atoms with van der Waals surface area (Å²) in [5.41, 5.74) is 6.16. The van der Waals surface area contributed by atoms with Gasteiger partial charge in [0.25, 0.3) is 0 Å². The summed E-state index contributed by atoms with van der Waals surface area (Å²) in [6.45, 7) is 8.74. The summed E-state index contributed by atoms with van der Waals surface area (Å²) < 4.78 is 5.84. The van der Waals surface area contributed by atoms with E-state index in [9.17, 15) is 0 Å². The third-order valence-corrected chi connectivity index (χ3v) is 2.51. The molecule has 0 amide bonds. The van der Waals surface area contributed by atoms with E-state index in [0.29, 0.717) is 18.2 Å². The molecule has 1 aliphatic heterocycles. The molecule has 0 radical (unpaired) electrons. The summed E-state index contributed by atoms with van der Waals surface area (Å²) in [4.78, 5) is 0. The molecule has 0 aliphatic carbocycles. The van der Waals surface area contributed by atoms with E-state index in [0.717, 1.165) is 12.8 Å². The van der Waals surface area contributed by atoms with Gasteiger partial charge >= 0.3 is 0 Å². The molecule has 3 unspecified atom stereocenters. The molecule has 0 saturated carbocycles. The van der Waals surface area contributed by atoms with Crippen LogP contribution >= 0.6 is 0 Å². The van der Waals surface area contributed by atoms with Crippen LogP contribution in [-0.2, 0) is 4.74 Å². The molecule has 0 spiro atoms. The summed E-state index contributed by atoms with van der Waals surface area (Å²) in [6, 6.07) is 0.331. The summed E-state index contributed by atoms with van der Waals surface area (Å²) in [7, 11) is 0. The number of rotatable bonds is 0. The van der Waals surface area contributed by atoms with Gasteiger partial charge in [0.2, 0.25) is 0 Å². The highest BCUT2D eigenvalue weighted by Crippen LogP contribution is 2.31. The monoisotopic (exact) mass is 171 g/mol. The van der Waals surface area contributed by atoms with Crippen molar-refractivity contribution in [2.45, 2.75) is 58.8 Å². The van der Waals surface area contributed by atoms with E-state index in [4.69, 9.17) is 10.5 Å². The predicted molar refractivity (Wildman–Crippen MR) is 51.0 cm³/mol. The zero-order valence-electron chi connectivity index (χ0n) is 8.63. The van der Waals surface area contributed by atoms with E-state index in [2.05, 4.69) is 27.7 Å². The first-order valence-electron chi connectivity index (χ1n) is 4.80. The Balaban J connectivity index is 2.55. The third-order valence-electron chi connectivity index (χ3n) is 2.51. The average molecular weight is 171 g/mol. The van der Waals surface area contributed by atoms with E-state index in [-0.39, 0.29) is 5.41 Å². The second-order valence-corrected chi connectivity index (χ2v) is 5.03. The molecule has 1 fully saturated rings. The van der Waals surface area contributed by atoms with Gasteiger partial charge < -0.3 is 10.5 Å². The molecule has 1 aliphatic rings. The van der Waals surface area contributed by atoms with Crippen molar-refractivity contribution in [2.24, 2.45) is 11.1 Å². The molecule has 2 heteroatoms. The van der Waals surface area contributed by atoms with Crippen LogP contribution in [0.3, 0.4) is 0 Å². The SMILES string of the molecule is CC1CC(N)CC(C(C)(C)C)O1. The summed E-state index contributed by atoms with van der Waals surface area (Å²) in [5, 5.41) is 0. The normalized spacial score (nSPS) is 38.2. The first kappa shape index (κ1) is 10.0. The van der Waals surface area contributed by atoms with Crippen LogP contribution < -0.4 is 5.73 Å². The topological polar surface area (TPSA) is 35.2 Å². The van der Waals surface area contributed by atoms with E-state index in [1.165, 1.54) is 0 Å². The van der Waals surface area contributed by atoms with Crippen LogP contribution in [0.5, 0.6) is 0 Å². The maximum absolute atomic E-state index is 5.93. The minimum atomic E-state index is 0.228. The highest BCUT2D eigenvalue weighted by atomic mass is 16.5. The molecule has 0 aromatic rings. The fourth-order valence-electron chi connectivity index (χ4n) is 1.75. The van der Waals surface area contributed by atoms with E-state index >= 15 is 0 Å². The Morgan fingerprint density at radius 1 is 1.25 bits per heavy atom. The largest absolute Gasteiger partial charge is 0.375 e. The molecule has 2 N–H and O–H groups in total. The Morgan fingerprint density at radius 3 is 2.25 bits per heavy atom.